The number of nitrogens with zero attached hydrogens (tertiary/aromatic N) is 1. The first kappa shape index (κ1) is 32.6. The Labute approximate surface area is 238 Å². The van der Waals surface area contributed by atoms with Crippen molar-refractivity contribution in [3.8, 4) is 0 Å². The second-order valence-electron chi connectivity index (χ2n) is 9.35. The molecule has 0 saturated heterocycles. The smallest absolute Gasteiger partial charge is 0.416 e. The lowest BCUT2D eigenvalue weighted by Crippen LogP contribution is -2.48. The summed E-state index contributed by atoms with van der Waals surface area (Å²) in [6.07, 6.45) is -10.0. The minimum Gasteiger partial charge on any atom is -0.468 e. The van der Waals surface area contributed by atoms with Crippen LogP contribution in [0.5, 0.6) is 0 Å². The first-order valence-corrected chi connectivity index (χ1v) is 12.7. The van der Waals surface area contributed by atoms with Crippen LogP contribution in [0.25, 0.3) is 0 Å². The molecular weight excluding hydrogens is 568 g/mol. The van der Waals surface area contributed by atoms with Crippen LogP contribution in [0, 0.1) is 0 Å². The summed E-state index contributed by atoms with van der Waals surface area (Å²) >= 11 is 0. The van der Waals surface area contributed by atoms with Gasteiger partial charge in [0.2, 0.25) is 0 Å². The topological polar surface area (TPSA) is 65.1 Å². The molecule has 0 saturated carbocycles. The summed E-state index contributed by atoms with van der Waals surface area (Å²) in [6.45, 7) is -1.65. The maximum Gasteiger partial charge on any atom is 0.416 e. The van der Waals surface area contributed by atoms with E-state index in [1.165, 1.54) is 19.1 Å². The van der Waals surface area contributed by atoms with Gasteiger partial charge in [0.05, 0.1) is 51.6 Å². The molecule has 42 heavy (non-hydrogen) atoms. The summed E-state index contributed by atoms with van der Waals surface area (Å²) in [4.78, 5) is 26.2. The summed E-state index contributed by atoms with van der Waals surface area (Å²) in [5.41, 5.74) is -1.75. The van der Waals surface area contributed by atoms with Gasteiger partial charge in [0, 0.05) is 12.0 Å². The Hall–Kier alpha value is -3.90. The van der Waals surface area contributed by atoms with Gasteiger partial charge >= 0.3 is 24.3 Å². The van der Waals surface area contributed by atoms with Crippen LogP contribution in [-0.2, 0) is 42.8 Å². The van der Waals surface area contributed by atoms with Crippen molar-refractivity contribution in [2.24, 2.45) is 0 Å². The summed E-state index contributed by atoms with van der Waals surface area (Å²) < 4.78 is 95.7. The predicted molar refractivity (Wildman–Crippen MR) is 140 cm³/mol. The van der Waals surface area contributed by atoms with Crippen molar-refractivity contribution in [3.05, 3.63) is 107 Å². The van der Waals surface area contributed by atoms with Crippen molar-refractivity contribution in [2.75, 3.05) is 33.9 Å². The number of carbonyl (C=O) groups is 2. The molecule has 0 bridgehead atoms. The van der Waals surface area contributed by atoms with Gasteiger partial charge in [-0.15, -0.1) is 0 Å². The lowest BCUT2D eigenvalue weighted by atomic mass is 9.84. The van der Waals surface area contributed by atoms with Gasteiger partial charge in [-0.3, -0.25) is 14.5 Å². The van der Waals surface area contributed by atoms with Crippen LogP contribution in [-0.4, -0.2) is 56.8 Å². The molecule has 0 heterocycles. The standard InChI is InChI=1S/C30H29F6NO5/c1-40-26(38)16-37(17-27(39)41-2)25(28(21-9-5-3-6-10-21)22-11-7-4-8-12-22)19-42-18-20-13-23(29(31,32)33)15-24(14-20)30(34,35)36/h3-15,25,28H,16-19H2,1-2H3. The van der Waals surface area contributed by atoms with Gasteiger partial charge in [-0.25, -0.2) is 0 Å². The lowest BCUT2D eigenvalue weighted by molar-refractivity contribution is -0.148. The number of alkyl halides is 6. The molecule has 3 aromatic rings. The molecule has 0 aromatic heterocycles. The zero-order valence-corrected chi connectivity index (χ0v) is 22.7. The lowest BCUT2D eigenvalue weighted by Gasteiger charge is -2.36. The predicted octanol–water partition coefficient (Wildman–Crippen LogP) is 6.09. The second kappa shape index (κ2) is 14.3. The first-order valence-electron chi connectivity index (χ1n) is 12.7. The number of esters is 2. The van der Waals surface area contributed by atoms with Crippen LogP contribution in [0.1, 0.15) is 33.7 Å². The number of hydrogen-bond donors (Lipinski definition) is 0. The van der Waals surface area contributed by atoms with Crippen LogP contribution >= 0.6 is 0 Å². The highest BCUT2D eigenvalue weighted by atomic mass is 19.4. The normalized spacial score (nSPS) is 12.8. The van der Waals surface area contributed by atoms with Gasteiger partial charge < -0.3 is 14.2 Å². The Morgan fingerprint density at radius 2 is 1.14 bits per heavy atom. The molecule has 6 nitrogen and oxygen atoms in total. The molecule has 0 aliphatic heterocycles. The fourth-order valence-corrected chi connectivity index (χ4v) is 4.52. The zero-order chi connectivity index (χ0) is 30.9. The molecule has 3 rings (SSSR count). The number of methoxy groups -OCH3 is 2. The van der Waals surface area contributed by atoms with Crippen LogP contribution in [0.2, 0.25) is 0 Å². The van der Waals surface area contributed by atoms with Gasteiger partial charge in [-0.2, -0.15) is 26.3 Å². The average molecular weight is 598 g/mol. The average Bonchev–Trinajstić information content (AvgIpc) is 2.96. The maximum absolute atomic E-state index is 13.4. The molecule has 226 valence electrons. The van der Waals surface area contributed by atoms with Crippen LogP contribution in [0.3, 0.4) is 0 Å². The van der Waals surface area contributed by atoms with E-state index in [9.17, 15) is 35.9 Å². The number of ether oxygens (including phenoxy) is 3. The van der Waals surface area contributed by atoms with Gasteiger partial charge in [0.25, 0.3) is 0 Å². The van der Waals surface area contributed by atoms with Crippen molar-refractivity contribution in [1.82, 2.24) is 4.90 Å². The molecule has 0 aliphatic rings. The van der Waals surface area contributed by atoms with Gasteiger partial charge in [-0.05, 0) is 34.9 Å². The molecule has 0 fully saturated rings. The Balaban J connectivity index is 2.05. The van der Waals surface area contributed by atoms with Crippen LogP contribution < -0.4 is 0 Å². The van der Waals surface area contributed by atoms with Crippen molar-refractivity contribution in [2.45, 2.75) is 30.9 Å². The minimum absolute atomic E-state index is 0.0432. The minimum atomic E-state index is -5.01. The van der Waals surface area contributed by atoms with Crippen LogP contribution in [0.15, 0.2) is 78.9 Å². The summed E-state index contributed by atoms with van der Waals surface area (Å²) in [5, 5.41) is 0. The van der Waals surface area contributed by atoms with Crippen LogP contribution in [0.4, 0.5) is 26.3 Å². The summed E-state index contributed by atoms with van der Waals surface area (Å²) in [5.74, 6) is -1.91. The SMILES string of the molecule is COC(=O)CN(CC(=O)OC)C(COCc1cc(C(F)(F)F)cc(C(F)(F)F)c1)C(c1ccccc1)c1ccccc1. The van der Waals surface area contributed by atoms with Crippen molar-refractivity contribution >= 4 is 11.9 Å². The molecule has 3 aromatic carbocycles. The number of carbonyl (C=O) groups excluding carboxylic acids is 2. The molecular formula is C30H29F6NO5. The maximum atomic E-state index is 13.4. The highest BCUT2D eigenvalue weighted by Gasteiger charge is 2.37. The number of benzene rings is 3. The van der Waals surface area contributed by atoms with E-state index in [1.54, 1.807) is 36.4 Å². The summed E-state index contributed by atoms with van der Waals surface area (Å²) in [6, 6.07) is 18.4. The number of hydrogen-bond acceptors (Lipinski definition) is 6. The molecule has 0 radical (unpaired) electrons. The van der Waals surface area contributed by atoms with Gasteiger partial charge in [-0.1, -0.05) is 60.7 Å². The third kappa shape index (κ3) is 9.05. The molecule has 12 heteroatoms. The van der Waals surface area contributed by atoms with E-state index in [4.69, 9.17) is 14.2 Å². The third-order valence-corrected chi connectivity index (χ3v) is 6.50. The number of rotatable bonds is 12. The third-order valence-electron chi connectivity index (χ3n) is 6.50. The van der Waals surface area contributed by atoms with E-state index >= 15 is 0 Å². The van der Waals surface area contributed by atoms with E-state index in [1.807, 2.05) is 24.3 Å². The van der Waals surface area contributed by atoms with E-state index in [0.29, 0.717) is 12.1 Å². The highest BCUT2D eigenvalue weighted by Crippen LogP contribution is 2.37. The zero-order valence-electron chi connectivity index (χ0n) is 22.7. The fraction of sp³-hybridized carbons (Fsp3) is 0.333. The van der Waals surface area contributed by atoms with Crippen molar-refractivity contribution in [3.63, 3.8) is 0 Å². The Morgan fingerprint density at radius 1 is 0.714 bits per heavy atom. The van der Waals surface area contributed by atoms with E-state index in [0.717, 1.165) is 11.1 Å². The molecule has 1 unspecified atom stereocenters. The first-order chi connectivity index (χ1) is 19.8. The van der Waals surface area contributed by atoms with E-state index < -0.39 is 54.0 Å². The Kier molecular flexibility index (Phi) is 11.1. The Bertz CT molecular complexity index is 1230. The molecule has 0 aliphatic carbocycles. The second-order valence-corrected chi connectivity index (χ2v) is 9.35. The highest BCUT2D eigenvalue weighted by molar-refractivity contribution is 5.75. The fourth-order valence-electron chi connectivity index (χ4n) is 4.52. The molecule has 1 atom stereocenters. The molecule has 0 N–H and O–H groups in total. The van der Waals surface area contributed by atoms with E-state index in [-0.39, 0.29) is 31.3 Å². The van der Waals surface area contributed by atoms with Crippen molar-refractivity contribution in [1.29, 1.82) is 0 Å². The largest absolute Gasteiger partial charge is 0.468 e. The summed E-state index contributed by atoms with van der Waals surface area (Å²) in [7, 11) is 2.34. The molecule has 0 amide bonds. The quantitative estimate of drug-likeness (QED) is 0.186. The van der Waals surface area contributed by atoms with Gasteiger partial charge in [0.1, 0.15) is 0 Å². The number of halogens is 6. The monoisotopic (exact) mass is 597 g/mol. The van der Waals surface area contributed by atoms with Gasteiger partial charge in [0.15, 0.2) is 0 Å². The molecule has 0 spiro atoms. The van der Waals surface area contributed by atoms with E-state index in [2.05, 4.69) is 0 Å². The van der Waals surface area contributed by atoms with Crippen molar-refractivity contribution < 1.29 is 50.1 Å². The Morgan fingerprint density at radius 3 is 1.52 bits per heavy atom.